The Kier molecular flexibility index (Phi) is 1.79. The number of hydrogen-bond donors (Lipinski definition) is 0. The van der Waals surface area contributed by atoms with Gasteiger partial charge in [0.05, 0.1) is 0 Å². The second-order valence-electron chi connectivity index (χ2n) is 3.40. The summed E-state index contributed by atoms with van der Waals surface area (Å²) in [4.78, 5) is 13.9. The zero-order chi connectivity index (χ0) is 9.42. The fourth-order valence-corrected chi connectivity index (χ4v) is 1.59. The van der Waals surface area contributed by atoms with Gasteiger partial charge in [0.15, 0.2) is 0 Å². The minimum Gasteiger partial charge on any atom is -0.358 e. The van der Waals surface area contributed by atoms with Crippen LogP contribution in [-0.4, -0.2) is 14.5 Å². The van der Waals surface area contributed by atoms with E-state index in [2.05, 4.69) is 4.98 Å². The average molecular weight is 181 g/mol. The fraction of sp³-hybridized carbons (Fsp3) is 0.625. The van der Waals surface area contributed by atoms with E-state index in [0.29, 0.717) is 6.04 Å². The Balaban J connectivity index is 2.29. The van der Waals surface area contributed by atoms with Gasteiger partial charge in [0.25, 0.3) is 0 Å². The summed E-state index contributed by atoms with van der Waals surface area (Å²) in [6.07, 6.45) is 5.00. The Morgan fingerprint density at radius 3 is 2.77 bits per heavy atom. The number of nitro groups is 1. The molecule has 70 valence electrons. The van der Waals surface area contributed by atoms with Crippen molar-refractivity contribution in [2.75, 3.05) is 0 Å². The summed E-state index contributed by atoms with van der Waals surface area (Å²) in [6.45, 7) is 1.81. The minimum absolute atomic E-state index is 0.0376. The summed E-state index contributed by atoms with van der Waals surface area (Å²) in [7, 11) is 0. The normalized spacial score (nSPS) is 17.0. The predicted octanol–water partition coefficient (Wildman–Crippen LogP) is 1.82. The maximum atomic E-state index is 10.4. The van der Waals surface area contributed by atoms with Crippen LogP contribution in [0.25, 0.3) is 0 Å². The molecule has 2 rings (SSSR count). The van der Waals surface area contributed by atoms with E-state index in [9.17, 15) is 10.1 Å². The van der Waals surface area contributed by atoms with Crippen molar-refractivity contribution in [2.24, 2.45) is 0 Å². The van der Waals surface area contributed by atoms with Crippen LogP contribution < -0.4 is 0 Å². The highest BCUT2D eigenvalue weighted by atomic mass is 16.6. The monoisotopic (exact) mass is 181 g/mol. The Labute approximate surface area is 75.5 Å². The van der Waals surface area contributed by atoms with Gasteiger partial charge < -0.3 is 14.7 Å². The van der Waals surface area contributed by atoms with Gasteiger partial charge in [0.2, 0.25) is 5.82 Å². The van der Waals surface area contributed by atoms with E-state index in [1.54, 1.807) is 6.20 Å². The number of rotatable bonds is 2. The molecular formula is C8H11N3O2. The summed E-state index contributed by atoms with van der Waals surface area (Å²) >= 11 is 0. The second-order valence-corrected chi connectivity index (χ2v) is 3.40. The van der Waals surface area contributed by atoms with E-state index < -0.39 is 4.92 Å². The highest BCUT2D eigenvalue weighted by Gasteiger charge is 2.25. The van der Waals surface area contributed by atoms with Crippen molar-refractivity contribution in [1.82, 2.24) is 9.55 Å². The molecule has 1 fully saturated rings. The lowest BCUT2D eigenvalue weighted by Gasteiger charge is -2.26. The van der Waals surface area contributed by atoms with Gasteiger partial charge in [0.1, 0.15) is 6.20 Å². The number of aryl methyl sites for hydroxylation is 1. The Morgan fingerprint density at radius 1 is 1.69 bits per heavy atom. The molecule has 1 aliphatic carbocycles. The molecule has 1 heterocycles. The molecule has 0 spiro atoms. The quantitative estimate of drug-likeness (QED) is 0.516. The Hall–Kier alpha value is -1.39. The third-order valence-corrected chi connectivity index (χ3v) is 2.56. The van der Waals surface area contributed by atoms with Gasteiger partial charge in [0, 0.05) is 13.0 Å². The highest BCUT2D eigenvalue weighted by molar-refractivity contribution is 5.17. The average Bonchev–Trinajstić information content (AvgIpc) is 2.29. The van der Waals surface area contributed by atoms with Gasteiger partial charge in [-0.1, -0.05) is 0 Å². The lowest BCUT2D eigenvalue weighted by Crippen LogP contribution is -2.17. The van der Waals surface area contributed by atoms with Crippen LogP contribution in [0.1, 0.15) is 31.1 Å². The van der Waals surface area contributed by atoms with Crippen LogP contribution in [0.3, 0.4) is 0 Å². The number of hydrogen-bond acceptors (Lipinski definition) is 3. The molecule has 1 saturated carbocycles. The van der Waals surface area contributed by atoms with Gasteiger partial charge in [-0.3, -0.25) is 0 Å². The summed E-state index contributed by atoms with van der Waals surface area (Å²) in [5, 5.41) is 10.4. The van der Waals surface area contributed by atoms with Crippen LogP contribution in [0.4, 0.5) is 5.82 Å². The Morgan fingerprint density at radius 2 is 2.38 bits per heavy atom. The van der Waals surface area contributed by atoms with Gasteiger partial charge >= 0.3 is 5.82 Å². The first-order chi connectivity index (χ1) is 6.18. The minimum atomic E-state index is -0.442. The molecule has 0 aliphatic heterocycles. The molecule has 0 amide bonds. The van der Waals surface area contributed by atoms with E-state index in [0.717, 1.165) is 18.7 Å². The largest absolute Gasteiger partial charge is 0.381 e. The molecular weight excluding hydrogens is 170 g/mol. The van der Waals surface area contributed by atoms with Crippen LogP contribution in [-0.2, 0) is 0 Å². The topological polar surface area (TPSA) is 61.0 Å². The zero-order valence-corrected chi connectivity index (χ0v) is 7.43. The predicted molar refractivity (Wildman–Crippen MR) is 46.5 cm³/mol. The van der Waals surface area contributed by atoms with Crippen LogP contribution >= 0.6 is 0 Å². The fourth-order valence-electron chi connectivity index (χ4n) is 1.59. The van der Waals surface area contributed by atoms with Crippen LogP contribution in [0.15, 0.2) is 6.20 Å². The van der Waals surface area contributed by atoms with Gasteiger partial charge in [-0.05, 0) is 29.2 Å². The molecule has 0 atom stereocenters. The molecule has 0 unspecified atom stereocenters. The van der Waals surface area contributed by atoms with Crippen LogP contribution in [0.5, 0.6) is 0 Å². The summed E-state index contributed by atoms with van der Waals surface area (Å²) in [6, 6.07) is 0.446. The van der Waals surface area contributed by atoms with Crippen molar-refractivity contribution in [3.05, 3.63) is 22.1 Å². The van der Waals surface area contributed by atoms with Crippen molar-refractivity contribution in [1.29, 1.82) is 0 Å². The second kappa shape index (κ2) is 2.83. The highest BCUT2D eigenvalue weighted by Crippen LogP contribution is 2.33. The molecule has 5 nitrogen and oxygen atoms in total. The van der Waals surface area contributed by atoms with Gasteiger partial charge in [-0.15, -0.1) is 0 Å². The molecule has 0 saturated heterocycles. The Bertz CT molecular complexity index is 341. The van der Waals surface area contributed by atoms with Crippen molar-refractivity contribution in [3.63, 3.8) is 0 Å². The van der Waals surface area contributed by atoms with Crippen molar-refractivity contribution in [2.45, 2.75) is 32.2 Å². The molecule has 13 heavy (non-hydrogen) atoms. The molecule has 0 N–H and O–H groups in total. The molecule has 5 heteroatoms. The molecule has 1 aromatic heterocycles. The molecule has 1 aliphatic rings. The smallest absolute Gasteiger partial charge is 0.358 e. The molecule has 0 radical (unpaired) electrons. The molecule has 0 bridgehead atoms. The first-order valence-corrected chi connectivity index (χ1v) is 4.38. The summed E-state index contributed by atoms with van der Waals surface area (Å²) in [5.74, 6) is 0.709. The van der Waals surface area contributed by atoms with Crippen LogP contribution in [0.2, 0.25) is 0 Å². The van der Waals surface area contributed by atoms with Gasteiger partial charge in [-0.2, -0.15) is 0 Å². The maximum absolute atomic E-state index is 10.4. The first-order valence-electron chi connectivity index (χ1n) is 4.38. The van der Waals surface area contributed by atoms with E-state index in [1.165, 1.54) is 6.42 Å². The summed E-state index contributed by atoms with van der Waals surface area (Å²) < 4.78 is 1.92. The zero-order valence-electron chi connectivity index (χ0n) is 7.43. The van der Waals surface area contributed by atoms with Crippen molar-refractivity contribution >= 4 is 5.82 Å². The molecule has 0 aromatic carbocycles. The van der Waals surface area contributed by atoms with E-state index in [1.807, 2.05) is 11.5 Å². The number of imidazole rings is 1. The number of aromatic nitrogens is 2. The molecule has 1 aromatic rings. The number of nitrogens with zero attached hydrogens (tertiary/aromatic N) is 3. The SMILES string of the molecule is Cc1nc([N+](=O)[O-])cn1C1CCC1. The van der Waals surface area contributed by atoms with Gasteiger partial charge in [-0.25, -0.2) is 0 Å². The third kappa shape index (κ3) is 1.30. The van der Waals surface area contributed by atoms with Crippen molar-refractivity contribution in [3.8, 4) is 0 Å². The standard InChI is InChI=1S/C8H11N3O2/c1-6-9-8(11(12)13)5-10(6)7-3-2-4-7/h5,7H,2-4H2,1H3. The van der Waals surface area contributed by atoms with Crippen LogP contribution in [0, 0.1) is 17.0 Å². The lowest BCUT2D eigenvalue weighted by atomic mass is 9.93. The first kappa shape index (κ1) is 8.22. The van der Waals surface area contributed by atoms with E-state index in [4.69, 9.17) is 0 Å². The third-order valence-electron chi connectivity index (χ3n) is 2.56. The van der Waals surface area contributed by atoms with Crippen molar-refractivity contribution < 1.29 is 4.92 Å². The summed E-state index contributed by atoms with van der Waals surface area (Å²) in [5.41, 5.74) is 0. The van der Waals surface area contributed by atoms with E-state index >= 15 is 0 Å². The van der Waals surface area contributed by atoms with E-state index in [-0.39, 0.29) is 5.82 Å². The lowest BCUT2D eigenvalue weighted by molar-refractivity contribution is -0.389. The maximum Gasteiger partial charge on any atom is 0.381 e.